The Morgan fingerprint density at radius 3 is 2.26 bits per heavy atom. The van der Waals surface area contributed by atoms with Crippen molar-refractivity contribution in [2.75, 3.05) is 31.5 Å². The van der Waals surface area contributed by atoms with Gasteiger partial charge >= 0.3 is 0 Å². The van der Waals surface area contributed by atoms with Crippen LogP contribution >= 0.6 is 0 Å². The second-order valence-corrected chi connectivity index (χ2v) is 9.64. The van der Waals surface area contributed by atoms with Crippen LogP contribution in [0.5, 0.6) is 0 Å². The highest BCUT2D eigenvalue weighted by Gasteiger charge is 2.25. The molecule has 1 unspecified atom stereocenters. The quantitative estimate of drug-likeness (QED) is 0.835. The van der Waals surface area contributed by atoms with Crippen molar-refractivity contribution >= 4 is 21.6 Å². The molecule has 2 saturated heterocycles. The van der Waals surface area contributed by atoms with E-state index in [1.165, 1.54) is 6.42 Å². The van der Waals surface area contributed by atoms with E-state index in [2.05, 4.69) is 17.1 Å². The van der Waals surface area contributed by atoms with Crippen molar-refractivity contribution in [3.63, 3.8) is 0 Å². The Morgan fingerprint density at radius 2 is 1.63 bits per heavy atom. The van der Waals surface area contributed by atoms with Crippen LogP contribution in [0.1, 0.15) is 51.9 Å². The van der Waals surface area contributed by atoms with Gasteiger partial charge in [-0.25, -0.2) is 8.42 Å². The number of hydrogen-bond donors (Lipinski definition) is 1. The third-order valence-corrected chi connectivity index (χ3v) is 7.54. The van der Waals surface area contributed by atoms with E-state index in [0.717, 1.165) is 45.1 Å². The fraction of sp³-hybridized carbons (Fsp3) is 0.650. The van der Waals surface area contributed by atoms with Crippen molar-refractivity contribution in [3.8, 4) is 0 Å². The number of benzene rings is 1. The zero-order valence-electron chi connectivity index (χ0n) is 16.2. The molecule has 0 bridgehead atoms. The molecule has 0 radical (unpaired) electrons. The maximum Gasteiger partial charge on any atom is 0.243 e. The molecular formula is C20H31N3O3S. The summed E-state index contributed by atoms with van der Waals surface area (Å²) in [6.07, 6.45) is 7.52. The molecule has 2 aliphatic rings. The monoisotopic (exact) mass is 393 g/mol. The normalized spacial score (nSPS) is 22.9. The zero-order valence-corrected chi connectivity index (χ0v) is 17.0. The average Bonchev–Trinajstić information content (AvgIpc) is 2.94. The van der Waals surface area contributed by atoms with Gasteiger partial charge in [0.05, 0.1) is 11.4 Å². The topological polar surface area (TPSA) is 69.7 Å². The second-order valence-electron chi connectivity index (χ2n) is 7.71. The molecule has 27 heavy (non-hydrogen) atoms. The summed E-state index contributed by atoms with van der Waals surface area (Å²) in [6.45, 7) is 4.69. The molecule has 150 valence electrons. The molecule has 0 aliphatic carbocycles. The number of hydrogen-bond acceptors (Lipinski definition) is 4. The summed E-state index contributed by atoms with van der Waals surface area (Å²) in [5.74, 6) is -0.0492. The fourth-order valence-electron chi connectivity index (χ4n) is 3.92. The van der Waals surface area contributed by atoms with Crippen molar-refractivity contribution in [1.29, 1.82) is 0 Å². The van der Waals surface area contributed by atoms with E-state index in [4.69, 9.17) is 0 Å². The van der Waals surface area contributed by atoms with Crippen LogP contribution in [0.4, 0.5) is 5.69 Å². The summed E-state index contributed by atoms with van der Waals surface area (Å²) in [5.41, 5.74) is 0.638. The number of carbonyl (C=O) groups is 1. The highest BCUT2D eigenvalue weighted by Crippen LogP contribution is 2.22. The number of sulfonamides is 1. The summed E-state index contributed by atoms with van der Waals surface area (Å²) in [4.78, 5) is 14.8. The van der Waals surface area contributed by atoms with Crippen molar-refractivity contribution < 1.29 is 13.2 Å². The molecular weight excluding hydrogens is 362 g/mol. The third-order valence-electron chi connectivity index (χ3n) is 5.63. The number of anilines is 1. The molecule has 1 aromatic rings. The largest absolute Gasteiger partial charge is 0.325 e. The van der Waals surface area contributed by atoms with Gasteiger partial charge in [0, 0.05) is 24.8 Å². The first-order chi connectivity index (χ1) is 13.0. The minimum Gasteiger partial charge on any atom is -0.325 e. The molecule has 2 fully saturated rings. The first-order valence-corrected chi connectivity index (χ1v) is 11.5. The van der Waals surface area contributed by atoms with Crippen LogP contribution < -0.4 is 5.32 Å². The van der Waals surface area contributed by atoms with Crippen LogP contribution in [-0.2, 0) is 14.8 Å². The third kappa shape index (κ3) is 5.30. The molecule has 2 aliphatic heterocycles. The molecule has 6 nitrogen and oxygen atoms in total. The highest BCUT2D eigenvalue weighted by atomic mass is 32.2. The number of likely N-dealkylation sites (tertiary alicyclic amines) is 1. The maximum absolute atomic E-state index is 12.8. The van der Waals surface area contributed by atoms with Gasteiger partial charge in [-0.05, 0) is 63.4 Å². The van der Waals surface area contributed by atoms with Gasteiger partial charge in [-0.3, -0.25) is 9.69 Å². The molecule has 1 aromatic carbocycles. The molecule has 1 atom stereocenters. The molecule has 2 heterocycles. The van der Waals surface area contributed by atoms with Gasteiger partial charge in [0.2, 0.25) is 15.9 Å². The summed E-state index contributed by atoms with van der Waals surface area (Å²) < 4.78 is 27.2. The van der Waals surface area contributed by atoms with Crippen LogP contribution in [0.25, 0.3) is 0 Å². The molecule has 1 N–H and O–H groups in total. The highest BCUT2D eigenvalue weighted by molar-refractivity contribution is 7.89. The van der Waals surface area contributed by atoms with Crippen molar-refractivity contribution in [1.82, 2.24) is 9.21 Å². The molecule has 0 saturated carbocycles. The van der Waals surface area contributed by atoms with Crippen molar-refractivity contribution in [3.05, 3.63) is 24.3 Å². The standard InChI is InChI=1S/C20H31N3O3S/c1-17-8-4-7-13-22(17)16-20(24)21-18-9-11-19(12-10-18)27(25,26)23-14-5-2-3-6-15-23/h9-12,17H,2-8,13-16H2,1H3,(H,21,24). The van der Waals surface area contributed by atoms with Crippen molar-refractivity contribution in [2.45, 2.75) is 62.8 Å². The number of nitrogens with zero attached hydrogens (tertiary/aromatic N) is 2. The Morgan fingerprint density at radius 1 is 1.00 bits per heavy atom. The van der Waals surface area contributed by atoms with Gasteiger partial charge in [-0.1, -0.05) is 19.3 Å². The van der Waals surface area contributed by atoms with E-state index in [0.29, 0.717) is 36.3 Å². The lowest BCUT2D eigenvalue weighted by molar-refractivity contribution is -0.118. The first-order valence-electron chi connectivity index (χ1n) is 10.1. The summed E-state index contributed by atoms with van der Waals surface area (Å²) in [7, 11) is -3.45. The Balaban J connectivity index is 1.60. The smallest absolute Gasteiger partial charge is 0.243 e. The molecule has 0 aromatic heterocycles. The predicted molar refractivity (Wildman–Crippen MR) is 107 cm³/mol. The van der Waals surface area contributed by atoms with E-state index in [-0.39, 0.29) is 5.91 Å². The lowest BCUT2D eigenvalue weighted by Gasteiger charge is -2.32. The first kappa shape index (κ1) is 20.3. The van der Waals surface area contributed by atoms with Gasteiger partial charge < -0.3 is 5.32 Å². The van der Waals surface area contributed by atoms with Gasteiger partial charge in [0.25, 0.3) is 0 Å². The number of carbonyl (C=O) groups excluding carboxylic acids is 1. The van der Waals surface area contributed by atoms with Gasteiger partial charge in [0.1, 0.15) is 0 Å². The van der Waals surface area contributed by atoms with Gasteiger partial charge in [0.15, 0.2) is 0 Å². The van der Waals surface area contributed by atoms with E-state index in [9.17, 15) is 13.2 Å². The Kier molecular flexibility index (Phi) is 6.89. The van der Waals surface area contributed by atoms with E-state index < -0.39 is 10.0 Å². The predicted octanol–water partition coefficient (Wildman–Crippen LogP) is 3.06. The van der Waals surface area contributed by atoms with Crippen molar-refractivity contribution in [2.24, 2.45) is 0 Å². The number of piperidine rings is 1. The van der Waals surface area contributed by atoms with Crippen LogP contribution in [-0.4, -0.2) is 55.8 Å². The molecule has 3 rings (SSSR count). The van der Waals surface area contributed by atoms with Crippen LogP contribution in [0.15, 0.2) is 29.2 Å². The van der Waals surface area contributed by atoms with Gasteiger partial charge in [-0.15, -0.1) is 0 Å². The minimum absolute atomic E-state index is 0.0492. The summed E-state index contributed by atoms with van der Waals surface area (Å²) in [6, 6.07) is 6.99. The minimum atomic E-state index is -3.45. The lowest BCUT2D eigenvalue weighted by Crippen LogP contribution is -2.42. The number of amides is 1. The Bertz CT molecular complexity index is 725. The van der Waals surface area contributed by atoms with E-state index >= 15 is 0 Å². The Labute approximate surface area is 163 Å². The Hall–Kier alpha value is -1.44. The molecule has 7 heteroatoms. The maximum atomic E-state index is 12.8. The molecule has 1 amide bonds. The van der Waals surface area contributed by atoms with E-state index in [1.54, 1.807) is 28.6 Å². The van der Waals surface area contributed by atoms with Crippen LogP contribution in [0.3, 0.4) is 0 Å². The fourth-order valence-corrected chi connectivity index (χ4v) is 5.44. The summed E-state index contributed by atoms with van der Waals surface area (Å²) in [5, 5.41) is 2.89. The number of nitrogens with one attached hydrogen (secondary N) is 1. The van der Waals surface area contributed by atoms with Crippen LogP contribution in [0.2, 0.25) is 0 Å². The molecule has 0 spiro atoms. The van der Waals surface area contributed by atoms with Gasteiger partial charge in [-0.2, -0.15) is 4.31 Å². The number of rotatable bonds is 5. The lowest BCUT2D eigenvalue weighted by atomic mass is 10.0. The van der Waals surface area contributed by atoms with E-state index in [1.807, 2.05) is 0 Å². The second kappa shape index (κ2) is 9.17. The van der Waals surface area contributed by atoms with Crippen LogP contribution in [0, 0.1) is 0 Å². The SMILES string of the molecule is CC1CCCCN1CC(=O)Nc1ccc(S(=O)(=O)N2CCCCCC2)cc1. The average molecular weight is 394 g/mol. The summed E-state index contributed by atoms with van der Waals surface area (Å²) >= 11 is 0. The zero-order chi connectivity index (χ0) is 19.3.